The fraction of sp³-hybridized carbons (Fsp3) is 0.370. The van der Waals surface area contributed by atoms with E-state index in [-0.39, 0.29) is 11.8 Å². The molecule has 2 aliphatic rings. The maximum absolute atomic E-state index is 13.3. The quantitative estimate of drug-likeness (QED) is 0.561. The molecule has 0 N–H and O–H groups in total. The zero-order valence-electron chi connectivity index (χ0n) is 19.4. The Labute approximate surface area is 200 Å². The van der Waals surface area contributed by atoms with Gasteiger partial charge in [0.2, 0.25) is 5.91 Å². The number of hydrogen-bond donors (Lipinski definition) is 0. The van der Waals surface area contributed by atoms with E-state index in [0.29, 0.717) is 12.3 Å². The van der Waals surface area contributed by atoms with Crippen LogP contribution >= 0.6 is 0 Å². The van der Waals surface area contributed by atoms with Gasteiger partial charge in [-0.25, -0.2) is 0 Å². The first-order chi connectivity index (χ1) is 16.8. The molecule has 0 radical (unpaired) electrons. The minimum absolute atomic E-state index is 0.0184. The molecule has 0 spiro atoms. The molecule has 2 aromatic heterocycles. The molecule has 0 saturated carbocycles. The van der Waals surface area contributed by atoms with Crippen molar-refractivity contribution >= 4 is 17.8 Å². The number of carbonyl (C=O) groups is 1. The number of aromatic nitrogens is 2. The molecule has 0 aliphatic carbocycles. The second-order valence-corrected chi connectivity index (χ2v) is 8.98. The van der Waals surface area contributed by atoms with Crippen LogP contribution in [0.15, 0.2) is 71.4 Å². The Morgan fingerprint density at radius 3 is 2.56 bits per heavy atom. The van der Waals surface area contributed by atoms with Crippen LogP contribution in [0.4, 0.5) is 5.82 Å². The number of piperidine rings is 1. The van der Waals surface area contributed by atoms with E-state index in [0.717, 1.165) is 63.6 Å². The third kappa shape index (κ3) is 5.37. The summed E-state index contributed by atoms with van der Waals surface area (Å²) in [4.78, 5) is 19.9. The molecule has 1 amide bonds. The summed E-state index contributed by atoms with van der Waals surface area (Å²) in [6.45, 7) is 5.95. The van der Waals surface area contributed by atoms with Crippen molar-refractivity contribution in [3.8, 4) is 11.5 Å². The first kappa shape index (κ1) is 22.3. The Morgan fingerprint density at radius 1 is 0.971 bits per heavy atom. The summed E-state index contributed by atoms with van der Waals surface area (Å²) < 4.78 is 5.40. The number of rotatable bonds is 6. The number of benzene rings is 1. The van der Waals surface area contributed by atoms with Gasteiger partial charge < -0.3 is 14.2 Å². The van der Waals surface area contributed by atoms with Crippen LogP contribution in [0.25, 0.3) is 17.5 Å². The van der Waals surface area contributed by atoms with E-state index in [4.69, 9.17) is 4.42 Å². The number of anilines is 1. The smallest absolute Gasteiger partial charge is 0.227 e. The second kappa shape index (κ2) is 10.7. The SMILES string of the molecule is O=C(C1CCCN(c2ccc(-c3ccco3)nn2)C1)N1CCN(C/C=C/c2ccccc2)CC1. The lowest BCUT2D eigenvalue weighted by molar-refractivity contribution is -0.137. The van der Waals surface area contributed by atoms with Crippen molar-refractivity contribution in [2.75, 3.05) is 50.7 Å². The van der Waals surface area contributed by atoms with E-state index >= 15 is 0 Å². The lowest BCUT2D eigenvalue weighted by Crippen LogP contribution is -2.52. The van der Waals surface area contributed by atoms with Crippen molar-refractivity contribution in [2.24, 2.45) is 5.92 Å². The maximum Gasteiger partial charge on any atom is 0.227 e. The van der Waals surface area contributed by atoms with Gasteiger partial charge in [-0.3, -0.25) is 9.69 Å². The molecule has 176 valence electrons. The molecule has 1 atom stereocenters. The highest BCUT2D eigenvalue weighted by Crippen LogP contribution is 2.25. The number of piperazine rings is 1. The highest BCUT2D eigenvalue weighted by Gasteiger charge is 2.31. The van der Waals surface area contributed by atoms with Crippen molar-refractivity contribution in [1.29, 1.82) is 0 Å². The molecule has 2 saturated heterocycles. The Morgan fingerprint density at radius 2 is 1.82 bits per heavy atom. The standard InChI is InChI=1S/C27H31N5O2/c33-27(31-18-16-30(17-19-31)14-4-9-22-7-2-1-3-8-22)23-10-5-15-32(21-23)26-13-12-24(28-29-26)25-11-6-20-34-25/h1-4,6-9,11-13,20,23H,5,10,14-19,21H2/b9-4+. The zero-order chi connectivity index (χ0) is 23.2. The molecular formula is C27H31N5O2. The highest BCUT2D eigenvalue weighted by molar-refractivity contribution is 5.80. The summed E-state index contributed by atoms with van der Waals surface area (Å²) >= 11 is 0. The van der Waals surface area contributed by atoms with Crippen LogP contribution in [0.2, 0.25) is 0 Å². The van der Waals surface area contributed by atoms with E-state index in [1.54, 1.807) is 6.26 Å². The lowest BCUT2D eigenvalue weighted by atomic mass is 9.96. The van der Waals surface area contributed by atoms with Gasteiger partial charge in [0, 0.05) is 45.8 Å². The molecule has 5 rings (SSSR count). The predicted octanol–water partition coefficient (Wildman–Crippen LogP) is 3.81. The van der Waals surface area contributed by atoms with E-state index in [1.807, 2.05) is 30.3 Å². The molecule has 2 fully saturated rings. The number of hydrogen-bond acceptors (Lipinski definition) is 6. The number of nitrogens with zero attached hydrogens (tertiary/aromatic N) is 5. The van der Waals surface area contributed by atoms with Crippen molar-refractivity contribution in [2.45, 2.75) is 12.8 Å². The second-order valence-electron chi connectivity index (χ2n) is 8.98. The fourth-order valence-electron chi connectivity index (χ4n) is 4.75. The van der Waals surface area contributed by atoms with Crippen molar-refractivity contribution in [1.82, 2.24) is 20.0 Å². The normalized spacial score (nSPS) is 19.6. The topological polar surface area (TPSA) is 65.7 Å². The Balaban J connectivity index is 1.11. The van der Waals surface area contributed by atoms with Gasteiger partial charge in [0.25, 0.3) is 0 Å². The Bertz CT molecular complexity index is 1070. The monoisotopic (exact) mass is 457 g/mol. The first-order valence-electron chi connectivity index (χ1n) is 12.1. The van der Waals surface area contributed by atoms with Crippen LogP contribution in [-0.2, 0) is 4.79 Å². The van der Waals surface area contributed by atoms with Gasteiger partial charge in [0.1, 0.15) is 5.69 Å². The fourth-order valence-corrected chi connectivity index (χ4v) is 4.75. The molecular weight excluding hydrogens is 426 g/mol. The summed E-state index contributed by atoms with van der Waals surface area (Å²) in [5.41, 5.74) is 1.94. The van der Waals surface area contributed by atoms with Crippen molar-refractivity contribution in [3.63, 3.8) is 0 Å². The van der Waals surface area contributed by atoms with Gasteiger partial charge in [0.05, 0.1) is 12.2 Å². The molecule has 2 aliphatic heterocycles. The average Bonchev–Trinajstić information content (AvgIpc) is 3.45. The van der Waals surface area contributed by atoms with Gasteiger partial charge in [-0.2, -0.15) is 0 Å². The van der Waals surface area contributed by atoms with Crippen LogP contribution in [0.5, 0.6) is 0 Å². The summed E-state index contributed by atoms with van der Waals surface area (Å²) in [6.07, 6.45) is 7.94. The van der Waals surface area contributed by atoms with Gasteiger partial charge in [-0.1, -0.05) is 42.5 Å². The van der Waals surface area contributed by atoms with Gasteiger partial charge in [0.15, 0.2) is 11.6 Å². The molecule has 1 unspecified atom stereocenters. The summed E-state index contributed by atoms with van der Waals surface area (Å²) in [5.74, 6) is 1.83. The lowest BCUT2D eigenvalue weighted by Gasteiger charge is -2.39. The number of carbonyl (C=O) groups excluding carboxylic acids is 1. The first-order valence-corrected chi connectivity index (χ1v) is 12.1. The van der Waals surface area contributed by atoms with E-state index in [9.17, 15) is 4.79 Å². The predicted molar refractivity (Wildman–Crippen MR) is 133 cm³/mol. The van der Waals surface area contributed by atoms with Crippen LogP contribution in [0, 0.1) is 5.92 Å². The van der Waals surface area contributed by atoms with Crippen LogP contribution in [-0.4, -0.2) is 71.7 Å². The van der Waals surface area contributed by atoms with Gasteiger partial charge in [-0.05, 0) is 42.7 Å². The Hall–Kier alpha value is -3.45. The number of furan rings is 1. The van der Waals surface area contributed by atoms with Crippen molar-refractivity contribution < 1.29 is 9.21 Å². The summed E-state index contributed by atoms with van der Waals surface area (Å²) in [7, 11) is 0. The number of amides is 1. The zero-order valence-corrected chi connectivity index (χ0v) is 19.4. The molecule has 1 aromatic carbocycles. The summed E-state index contributed by atoms with van der Waals surface area (Å²) in [5, 5.41) is 8.72. The highest BCUT2D eigenvalue weighted by atomic mass is 16.3. The molecule has 4 heterocycles. The maximum atomic E-state index is 13.3. The molecule has 7 nitrogen and oxygen atoms in total. The third-order valence-corrected chi connectivity index (χ3v) is 6.68. The minimum atomic E-state index is 0.0184. The van der Waals surface area contributed by atoms with E-state index < -0.39 is 0 Å². The molecule has 7 heteroatoms. The van der Waals surface area contributed by atoms with E-state index in [1.165, 1.54) is 5.56 Å². The molecule has 3 aromatic rings. The molecule has 34 heavy (non-hydrogen) atoms. The molecule has 0 bridgehead atoms. The van der Waals surface area contributed by atoms with Crippen LogP contribution < -0.4 is 4.90 Å². The van der Waals surface area contributed by atoms with Crippen molar-refractivity contribution in [3.05, 3.63) is 72.5 Å². The van der Waals surface area contributed by atoms with Crippen LogP contribution in [0.3, 0.4) is 0 Å². The summed E-state index contributed by atoms with van der Waals surface area (Å²) in [6, 6.07) is 18.0. The minimum Gasteiger partial charge on any atom is -0.463 e. The van der Waals surface area contributed by atoms with Gasteiger partial charge >= 0.3 is 0 Å². The van der Waals surface area contributed by atoms with Gasteiger partial charge in [-0.15, -0.1) is 10.2 Å². The Kier molecular flexibility index (Phi) is 7.00. The third-order valence-electron chi connectivity index (χ3n) is 6.68. The van der Waals surface area contributed by atoms with E-state index in [2.05, 4.69) is 61.3 Å². The largest absolute Gasteiger partial charge is 0.463 e. The average molecular weight is 458 g/mol. The van der Waals surface area contributed by atoms with Crippen LogP contribution in [0.1, 0.15) is 18.4 Å².